The third-order valence-corrected chi connectivity index (χ3v) is 3.83. The molecule has 1 fully saturated rings. The minimum absolute atomic E-state index is 0.158. The molecule has 0 bridgehead atoms. The molecule has 0 aromatic carbocycles. The smallest absolute Gasteiger partial charge is 0.317 e. The molecule has 1 atom stereocenters. The number of carbonyl (C=O) groups is 2. The van der Waals surface area contributed by atoms with Gasteiger partial charge in [-0.15, -0.1) is 0 Å². The first kappa shape index (κ1) is 14.8. The molecule has 104 valence electrons. The molecule has 1 unspecified atom stereocenters. The number of aliphatic carboxylic acids is 1. The number of carboxylic acid groups (broad SMARTS) is 1. The number of carboxylic acids is 1. The topological polar surface area (TPSA) is 69.6 Å². The van der Waals surface area contributed by atoms with Crippen LogP contribution >= 0.6 is 0 Å². The van der Waals surface area contributed by atoms with Crippen LogP contribution in [0.25, 0.3) is 0 Å². The van der Waals surface area contributed by atoms with Crippen LogP contribution in [0.15, 0.2) is 0 Å². The van der Waals surface area contributed by atoms with E-state index in [4.69, 9.17) is 0 Å². The minimum Gasteiger partial charge on any atom is -0.481 e. The first-order valence-corrected chi connectivity index (χ1v) is 6.51. The Balaban J connectivity index is 2.67. The molecular weight excluding hydrogens is 232 g/mol. The molecule has 1 rings (SSSR count). The molecule has 0 saturated carbocycles. The van der Waals surface area contributed by atoms with E-state index in [2.05, 4.69) is 5.32 Å². The minimum atomic E-state index is -0.824. The normalized spacial score (nSPS) is 24.8. The third-order valence-electron chi connectivity index (χ3n) is 3.83. The second-order valence-electron chi connectivity index (χ2n) is 6.06. The molecule has 18 heavy (non-hydrogen) atoms. The zero-order chi connectivity index (χ0) is 14.0. The van der Waals surface area contributed by atoms with Gasteiger partial charge in [0.05, 0.1) is 5.41 Å². The van der Waals surface area contributed by atoms with Gasteiger partial charge in [0, 0.05) is 18.6 Å². The van der Waals surface area contributed by atoms with Crippen LogP contribution in [0.3, 0.4) is 0 Å². The van der Waals surface area contributed by atoms with Crippen LogP contribution in [0.1, 0.15) is 47.0 Å². The summed E-state index contributed by atoms with van der Waals surface area (Å²) in [6.07, 6.45) is 2.20. The second-order valence-corrected chi connectivity index (χ2v) is 6.06. The van der Waals surface area contributed by atoms with E-state index in [9.17, 15) is 14.7 Å². The van der Waals surface area contributed by atoms with Crippen molar-refractivity contribution in [1.29, 1.82) is 0 Å². The number of nitrogens with zero attached hydrogens (tertiary/aromatic N) is 1. The average molecular weight is 256 g/mol. The van der Waals surface area contributed by atoms with Gasteiger partial charge in [-0.25, -0.2) is 4.79 Å². The molecule has 0 radical (unpaired) electrons. The van der Waals surface area contributed by atoms with Gasteiger partial charge in [0.15, 0.2) is 0 Å². The van der Waals surface area contributed by atoms with Gasteiger partial charge in [-0.3, -0.25) is 4.79 Å². The number of carbonyl (C=O) groups excluding carboxylic acids is 1. The number of hydrogen-bond acceptors (Lipinski definition) is 2. The predicted octanol–water partition coefficient (Wildman–Crippen LogP) is 2.07. The monoisotopic (exact) mass is 256 g/mol. The molecule has 1 aliphatic heterocycles. The lowest BCUT2D eigenvalue weighted by Gasteiger charge is -2.39. The Morgan fingerprint density at radius 1 is 1.44 bits per heavy atom. The van der Waals surface area contributed by atoms with Crippen molar-refractivity contribution in [3.8, 4) is 0 Å². The maximum Gasteiger partial charge on any atom is 0.317 e. The van der Waals surface area contributed by atoms with Crippen LogP contribution in [0, 0.1) is 5.41 Å². The van der Waals surface area contributed by atoms with Gasteiger partial charge in [0.2, 0.25) is 0 Å². The zero-order valence-electron chi connectivity index (χ0n) is 11.7. The molecule has 2 amide bonds. The summed E-state index contributed by atoms with van der Waals surface area (Å²) in [4.78, 5) is 25.0. The summed E-state index contributed by atoms with van der Waals surface area (Å²) in [5.74, 6) is -0.824. The van der Waals surface area contributed by atoms with Gasteiger partial charge >= 0.3 is 12.0 Å². The highest BCUT2D eigenvalue weighted by atomic mass is 16.4. The molecule has 0 aliphatic carbocycles. The summed E-state index contributed by atoms with van der Waals surface area (Å²) in [5, 5.41) is 12.2. The lowest BCUT2D eigenvalue weighted by Crippen LogP contribution is -2.55. The fraction of sp³-hybridized carbons (Fsp3) is 0.846. The van der Waals surface area contributed by atoms with Crippen molar-refractivity contribution in [3.63, 3.8) is 0 Å². The molecule has 2 N–H and O–H groups in total. The maximum atomic E-state index is 12.1. The SMILES string of the molecule is CCC(C)(C)NC(=O)N1CCCC(C)(C(=O)O)C1. The molecule has 5 heteroatoms. The van der Waals surface area contributed by atoms with Crippen molar-refractivity contribution in [2.75, 3.05) is 13.1 Å². The van der Waals surface area contributed by atoms with Gasteiger partial charge < -0.3 is 15.3 Å². The quantitative estimate of drug-likeness (QED) is 0.812. The molecular formula is C13H24N2O3. The van der Waals surface area contributed by atoms with E-state index in [1.54, 1.807) is 11.8 Å². The Hall–Kier alpha value is -1.26. The Labute approximate surface area is 109 Å². The highest BCUT2D eigenvalue weighted by molar-refractivity contribution is 5.78. The number of nitrogens with one attached hydrogen (secondary N) is 1. The van der Waals surface area contributed by atoms with E-state index in [0.717, 1.165) is 12.8 Å². The molecule has 1 saturated heterocycles. The summed E-state index contributed by atoms with van der Waals surface area (Å²) >= 11 is 0. The predicted molar refractivity (Wildman–Crippen MR) is 69.5 cm³/mol. The highest BCUT2D eigenvalue weighted by Gasteiger charge is 2.39. The van der Waals surface area contributed by atoms with E-state index < -0.39 is 11.4 Å². The molecule has 1 aliphatic rings. The average Bonchev–Trinajstić information content (AvgIpc) is 2.28. The lowest BCUT2D eigenvalue weighted by molar-refractivity contribution is -0.150. The molecule has 5 nitrogen and oxygen atoms in total. The van der Waals surface area contributed by atoms with Gasteiger partial charge in [0.1, 0.15) is 0 Å². The van der Waals surface area contributed by atoms with Crippen LogP contribution in [-0.2, 0) is 4.79 Å². The summed E-state index contributed by atoms with van der Waals surface area (Å²) in [6.45, 7) is 8.57. The van der Waals surface area contributed by atoms with E-state index in [-0.39, 0.29) is 18.1 Å². The highest BCUT2D eigenvalue weighted by Crippen LogP contribution is 2.29. The molecule has 0 aromatic heterocycles. The second kappa shape index (κ2) is 5.16. The van der Waals surface area contributed by atoms with Crippen LogP contribution in [0.4, 0.5) is 4.79 Å². The zero-order valence-corrected chi connectivity index (χ0v) is 11.7. The van der Waals surface area contributed by atoms with Crippen LogP contribution in [-0.4, -0.2) is 40.6 Å². The number of urea groups is 1. The summed E-state index contributed by atoms with van der Waals surface area (Å²) < 4.78 is 0. The van der Waals surface area contributed by atoms with Gasteiger partial charge in [-0.05, 0) is 40.0 Å². The van der Waals surface area contributed by atoms with Crippen molar-refractivity contribution < 1.29 is 14.7 Å². The van der Waals surface area contributed by atoms with Crippen LogP contribution < -0.4 is 5.32 Å². The van der Waals surface area contributed by atoms with E-state index in [0.29, 0.717) is 13.0 Å². The fourth-order valence-corrected chi connectivity index (χ4v) is 2.04. The van der Waals surface area contributed by atoms with Crippen LogP contribution in [0.2, 0.25) is 0 Å². The number of rotatable bonds is 3. The van der Waals surface area contributed by atoms with Gasteiger partial charge in [0.25, 0.3) is 0 Å². The van der Waals surface area contributed by atoms with Crippen molar-refractivity contribution in [2.45, 2.75) is 52.5 Å². The van der Waals surface area contributed by atoms with Crippen LogP contribution in [0.5, 0.6) is 0 Å². The number of piperidine rings is 1. The van der Waals surface area contributed by atoms with E-state index >= 15 is 0 Å². The summed E-state index contributed by atoms with van der Waals surface area (Å²) in [7, 11) is 0. The first-order chi connectivity index (χ1) is 8.20. The largest absolute Gasteiger partial charge is 0.481 e. The van der Waals surface area contributed by atoms with E-state index in [1.165, 1.54) is 0 Å². The molecule has 0 spiro atoms. The first-order valence-electron chi connectivity index (χ1n) is 6.51. The Morgan fingerprint density at radius 3 is 2.56 bits per heavy atom. The molecule has 1 heterocycles. The number of hydrogen-bond donors (Lipinski definition) is 2. The van der Waals surface area contributed by atoms with Crippen molar-refractivity contribution in [2.24, 2.45) is 5.41 Å². The fourth-order valence-electron chi connectivity index (χ4n) is 2.04. The number of likely N-dealkylation sites (tertiary alicyclic amines) is 1. The standard InChI is InChI=1S/C13H24N2O3/c1-5-12(2,3)14-11(18)15-8-6-7-13(4,9-15)10(16)17/h5-9H2,1-4H3,(H,14,18)(H,16,17). The van der Waals surface area contributed by atoms with Crippen molar-refractivity contribution in [3.05, 3.63) is 0 Å². The van der Waals surface area contributed by atoms with Crippen molar-refractivity contribution in [1.82, 2.24) is 10.2 Å². The number of amides is 2. The Bertz CT molecular complexity index is 341. The maximum absolute atomic E-state index is 12.1. The van der Waals surface area contributed by atoms with Crippen molar-refractivity contribution >= 4 is 12.0 Å². The van der Waals surface area contributed by atoms with Gasteiger partial charge in [-0.1, -0.05) is 6.92 Å². The summed E-state index contributed by atoms with van der Waals surface area (Å²) in [6, 6.07) is -0.158. The lowest BCUT2D eigenvalue weighted by atomic mass is 9.82. The Kier molecular flexibility index (Phi) is 4.24. The van der Waals surface area contributed by atoms with E-state index in [1.807, 2.05) is 20.8 Å². The molecule has 0 aromatic rings. The Morgan fingerprint density at radius 2 is 2.06 bits per heavy atom. The van der Waals surface area contributed by atoms with Gasteiger partial charge in [-0.2, -0.15) is 0 Å². The third kappa shape index (κ3) is 3.37. The summed E-state index contributed by atoms with van der Waals surface area (Å²) in [5.41, 5.74) is -1.07.